The zero-order valence-corrected chi connectivity index (χ0v) is 26.9. The quantitative estimate of drug-likeness (QED) is 0.154. The first-order valence-corrected chi connectivity index (χ1v) is 15.4. The number of fused-ring (bicyclic) bond motifs is 2. The van der Waals surface area contributed by atoms with Gasteiger partial charge in [-0.25, -0.2) is 24.3 Å². The summed E-state index contributed by atoms with van der Waals surface area (Å²) in [5.74, 6) is 2.52. The molecule has 5 aromatic heterocycles. The van der Waals surface area contributed by atoms with Gasteiger partial charge >= 0.3 is 0 Å². The number of imidazole rings is 2. The molecule has 242 valence electrons. The topological polar surface area (TPSA) is 131 Å². The predicted octanol–water partition coefficient (Wildman–Crippen LogP) is 7.86. The van der Waals surface area contributed by atoms with E-state index >= 15 is 0 Å². The molecule has 12 heteroatoms. The van der Waals surface area contributed by atoms with Crippen LogP contribution in [-0.2, 0) is 0 Å². The predicted molar refractivity (Wildman–Crippen MR) is 188 cm³/mol. The zero-order valence-electron chi connectivity index (χ0n) is 26.9. The Balaban J connectivity index is 0.000000154. The Morgan fingerprint density at radius 3 is 2.29 bits per heavy atom. The molecule has 0 fully saturated rings. The van der Waals surface area contributed by atoms with E-state index in [-0.39, 0.29) is 11.6 Å². The van der Waals surface area contributed by atoms with Gasteiger partial charge in [-0.15, -0.1) is 0 Å². The monoisotopic (exact) mass is 650 g/mol. The Hall–Kier alpha value is -6.69. The van der Waals surface area contributed by atoms with Gasteiger partial charge in [0.2, 0.25) is 0 Å². The minimum absolute atomic E-state index is 0.177. The van der Waals surface area contributed by atoms with Crippen molar-refractivity contribution in [3.63, 3.8) is 0 Å². The molecule has 3 N–H and O–H groups in total. The number of rotatable bonds is 6. The maximum absolute atomic E-state index is 13.6. The molecular weight excluding hydrogens is 619 g/mol. The number of nitrogens with one attached hydrogen (secondary N) is 2. The summed E-state index contributed by atoms with van der Waals surface area (Å²) < 4.78 is 17.3. The third kappa shape index (κ3) is 6.60. The van der Waals surface area contributed by atoms with E-state index in [1.807, 2.05) is 92.1 Å². The summed E-state index contributed by atoms with van der Waals surface area (Å²) in [6.07, 6.45) is 8.02. The van der Waals surface area contributed by atoms with Crippen molar-refractivity contribution in [1.82, 2.24) is 38.9 Å². The normalized spacial score (nSPS) is 10.9. The van der Waals surface area contributed by atoms with Gasteiger partial charge in [-0.05, 0) is 74.9 Å². The first-order valence-electron chi connectivity index (χ1n) is 15.4. The molecule has 49 heavy (non-hydrogen) atoms. The fourth-order valence-corrected chi connectivity index (χ4v) is 5.50. The van der Waals surface area contributed by atoms with Crippen molar-refractivity contribution in [2.75, 3.05) is 10.6 Å². The second-order valence-corrected chi connectivity index (χ2v) is 11.3. The zero-order chi connectivity index (χ0) is 33.9. The maximum Gasteiger partial charge on any atom is 0.159 e. The largest absolute Gasteiger partial charge is 0.506 e. The number of hydrogen-bond acceptors (Lipinski definition) is 9. The Bertz CT molecular complexity index is 2420. The highest BCUT2D eigenvalue weighted by Gasteiger charge is 2.14. The number of phenolic OH excluding ortho intramolecular Hbond substituents is 1. The molecule has 0 saturated heterocycles. The second-order valence-electron chi connectivity index (χ2n) is 11.3. The molecule has 0 aliphatic carbocycles. The van der Waals surface area contributed by atoms with Crippen LogP contribution in [0.4, 0.5) is 27.4 Å². The minimum Gasteiger partial charge on any atom is -0.506 e. The lowest BCUT2D eigenvalue weighted by Gasteiger charge is -2.10. The van der Waals surface area contributed by atoms with Crippen molar-refractivity contribution in [3.8, 4) is 23.0 Å². The van der Waals surface area contributed by atoms with Gasteiger partial charge in [-0.3, -0.25) is 18.9 Å². The average molecular weight is 651 g/mol. The summed E-state index contributed by atoms with van der Waals surface area (Å²) >= 11 is 0. The van der Waals surface area contributed by atoms with Crippen molar-refractivity contribution in [2.45, 2.75) is 20.8 Å². The van der Waals surface area contributed by atoms with Crippen LogP contribution in [0.15, 0.2) is 116 Å². The second kappa shape index (κ2) is 13.2. The Kier molecular flexibility index (Phi) is 8.33. The van der Waals surface area contributed by atoms with Crippen molar-refractivity contribution in [2.24, 2.45) is 0 Å². The lowest BCUT2D eigenvalue weighted by molar-refractivity contribution is 0.477. The molecule has 0 aliphatic heterocycles. The molecule has 8 aromatic rings. The van der Waals surface area contributed by atoms with Crippen LogP contribution < -0.4 is 10.6 Å². The van der Waals surface area contributed by atoms with Crippen LogP contribution in [0, 0.1) is 26.6 Å². The van der Waals surface area contributed by atoms with Crippen LogP contribution in [0.5, 0.6) is 5.75 Å². The summed E-state index contributed by atoms with van der Waals surface area (Å²) in [4.78, 5) is 26.8. The van der Waals surface area contributed by atoms with E-state index in [0.717, 1.165) is 39.5 Å². The summed E-state index contributed by atoms with van der Waals surface area (Å²) in [6, 6.07) is 26.1. The SMILES string of the molecule is Cc1ccc(Nc2cncc(-n3c(C)nc4ccccc43)n2)c(O)c1.Cc1nc2ccc(F)cn2c1-c1cncc(Nc2ccccc2)n1. The van der Waals surface area contributed by atoms with E-state index in [1.54, 1.807) is 41.3 Å². The number of aromatic hydroxyl groups is 1. The van der Waals surface area contributed by atoms with Crippen LogP contribution in [0.2, 0.25) is 0 Å². The number of hydrogen-bond donors (Lipinski definition) is 3. The number of benzene rings is 3. The Labute approximate surface area is 280 Å². The van der Waals surface area contributed by atoms with Gasteiger partial charge in [-0.1, -0.05) is 36.4 Å². The standard InChI is InChI=1S/C19H17N5O.C18H14FN5/c1-12-7-8-15(17(25)9-12)22-18-10-20-11-19(23-18)24-13(2)21-14-5-3-4-6-16(14)24;1-12-18(24-11-13(19)7-8-17(24)21-12)15-9-20-10-16(23-15)22-14-5-3-2-4-6-14/h3-11,25H,1-2H3,(H,22,23);2-11H,1H3,(H,22,23). The van der Waals surface area contributed by atoms with Gasteiger partial charge in [0, 0.05) is 11.9 Å². The molecule has 3 aromatic carbocycles. The summed E-state index contributed by atoms with van der Waals surface area (Å²) in [5.41, 5.74) is 7.19. The molecule has 0 atom stereocenters. The average Bonchev–Trinajstić information content (AvgIpc) is 3.61. The van der Waals surface area contributed by atoms with Gasteiger partial charge in [-0.2, -0.15) is 0 Å². The Morgan fingerprint density at radius 2 is 1.47 bits per heavy atom. The van der Waals surface area contributed by atoms with E-state index in [2.05, 4.69) is 40.5 Å². The van der Waals surface area contributed by atoms with Crippen LogP contribution in [0.1, 0.15) is 17.1 Å². The highest BCUT2D eigenvalue weighted by atomic mass is 19.1. The Morgan fingerprint density at radius 1 is 0.714 bits per heavy atom. The molecule has 0 bridgehead atoms. The molecule has 11 nitrogen and oxygen atoms in total. The summed E-state index contributed by atoms with van der Waals surface area (Å²) in [5, 5.41) is 16.4. The lowest BCUT2D eigenvalue weighted by atomic mass is 10.2. The van der Waals surface area contributed by atoms with Gasteiger partial charge in [0.25, 0.3) is 0 Å². The summed E-state index contributed by atoms with van der Waals surface area (Å²) in [6.45, 7) is 5.74. The molecule has 0 spiro atoms. The third-order valence-corrected chi connectivity index (χ3v) is 7.68. The highest BCUT2D eigenvalue weighted by molar-refractivity contribution is 5.78. The van der Waals surface area contributed by atoms with E-state index < -0.39 is 0 Å². The number of halogens is 1. The smallest absolute Gasteiger partial charge is 0.159 e. The molecule has 0 saturated carbocycles. The van der Waals surface area contributed by atoms with Crippen molar-refractivity contribution in [3.05, 3.63) is 139 Å². The minimum atomic E-state index is -0.326. The lowest BCUT2D eigenvalue weighted by Crippen LogP contribution is -2.03. The number of aromatic nitrogens is 8. The first kappa shape index (κ1) is 30.9. The number of anilines is 4. The molecule has 5 heterocycles. The van der Waals surface area contributed by atoms with E-state index in [4.69, 9.17) is 0 Å². The molecule has 0 aliphatic rings. The van der Waals surface area contributed by atoms with Crippen LogP contribution in [-0.4, -0.2) is 44.0 Å². The molecule has 0 unspecified atom stereocenters. The third-order valence-electron chi connectivity index (χ3n) is 7.68. The van der Waals surface area contributed by atoms with Crippen molar-refractivity contribution in [1.29, 1.82) is 0 Å². The van der Waals surface area contributed by atoms with Crippen LogP contribution >= 0.6 is 0 Å². The fraction of sp³-hybridized carbons (Fsp3) is 0.0811. The number of para-hydroxylation sites is 3. The molecule has 0 amide bonds. The number of aryl methyl sites for hydroxylation is 3. The van der Waals surface area contributed by atoms with Gasteiger partial charge < -0.3 is 15.7 Å². The van der Waals surface area contributed by atoms with Gasteiger partial charge in [0.1, 0.15) is 34.6 Å². The summed E-state index contributed by atoms with van der Waals surface area (Å²) in [7, 11) is 0. The molecule has 8 rings (SSSR count). The number of pyridine rings is 1. The molecular formula is C37H31FN10O. The number of nitrogens with zero attached hydrogens (tertiary/aromatic N) is 8. The maximum atomic E-state index is 13.6. The fourth-order valence-electron chi connectivity index (χ4n) is 5.50. The van der Waals surface area contributed by atoms with Crippen molar-refractivity contribution < 1.29 is 9.50 Å². The van der Waals surface area contributed by atoms with E-state index in [1.165, 1.54) is 12.3 Å². The number of phenols is 1. The molecule has 0 radical (unpaired) electrons. The van der Waals surface area contributed by atoms with Crippen LogP contribution in [0.25, 0.3) is 33.9 Å². The van der Waals surface area contributed by atoms with Crippen LogP contribution in [0.3, 0.4) is 0 Å². The van der Waals surface area contributed by atoms with Gasteiger partial charge in [0.15, 0.2) is 11.6 Å². The van der Waals surface area contributed by atoms with E-state index in [9.17, 15) is 9.50 Å². The van der Waals surface area contributed by atoms with E-state index in [0.29, 0.717) is 34.5 Å². The van der Waals surface area contributed by atoms with Gasteiger partial charge in [0.05, 0.1) is 52.9 Å². The highest BCUT2D eigenvalue weighted by Crippen LogP contribution is 2.28. The first-order chi connectivity index (χ1) is 23.8. The van der Waals surface area contributed by atoms with Crippen molar-refractivity contribution >= 4 is 39.7 Å².